The lowest BCUT2D eigenvalue weighted by Crippen LogP contribution is -2.26. The van der Waals surface area contributed by atoms with Gasteiger partial charge in [0.2, 0.25) is 0 Å². The normalized spacial score (nSPS) is 18.4. The van der Waals surface area contributed by atoms with E-state index in [0.29, 0.717) is 23.9 Å². The van der Waals surface area contributed by atoms with E-state index in [-0.39, 0.29) is 5.56 Å². The summed E-state index contributed by atoms with van der Waals surface area (Å²) in [7, 11) is 1.48. The molecule has 21 heavy (non-hydrogen) atoms. The first kappa shape index (κ1) is 15.8. The minimum absolute atomic E-state index is 0.181. The van der Waals surface area contributed by atoms with Gasteiger partial charge in [-0.1, -0.05) is 19.9 Å². The van der Waals surface area contributed by atoms with Crippen molar-refractivity contribution >= 4 is 5.97 Å². The van der Waals surface area contributed by atoms with Gasteiger partial charge in [0.05, 0.1) is 19.8 Å². The third-order valence-corrected chi connectivity index (χ3v) is 4.27. The molecular weight excluding hydrogens is 268 g/mol. The number of ether oxygens (including phenoxy) is 2. The van der Waals surface area contributed by atoms with Gasteiger partial charge in [0.25, 0.3) is 0 Å². The second-order valence-electron chi connectivity index (χ2n) is 6.51. The first-order valence-electron chi connectivity index (χ1n) is 7.43. The Bertz CT molecular complexity index is 498. The van der Waals surface area contributed by atoms with Crippen LogP contribution >= 0.6 is 0 Å². The fourth-order valence-electron chi connectivity index (χ4n) is 2.76. The summed E-state index contributed by atoms with van der Waals surface area (Å²) in [4.78, 5) is 11.0. The maximum Gasteiger partial charge on any atom is 0.339 e. The van der Waals surface area contributed by atoms with Crippen molar-refractivity contribution in [2.24, 2.45) is 5.41 Å². The quantitative estimate of drug-likeness (QED) is 0.894. The largest absolute Gasteiger partial charge is 0.496 e. The molecule has 4 nitrogen and oxygen atoms in total. The van der Waals surface area contributed by atoms with Crippen LogP contribution in [0, 0.1) is 5.41 Å². The molecule has 1 aliphatic rings. The van der Waals surface area contributed by atoms with Crippen molar-refractivity contribution in [1.82, 2.24) is 0 Å². The molecule has 4 heteroatoms. The average Bonchev–Trinajstić information content (AvgIpc) is 2.45. The molecule has 0 aliphatic heterocycles. The molecule has 0 amide bonds. The zero-order valence-electron chi connectivity index (χ0n) is 13.0. The Labute approximate surface area is 126 Å². The van der Waals surface area contributed by atoms with Crippen molar-refractivity contribution in [3.05, 3.63) is 29.3 Å². The molecule has 1 saturated carbocycles. The summed E-state index contributed by atoms with van der Waals surface area (Å²) in [6.07, 6.45) is 4.88. The Hall–Kier alpha value is -1.55. The fraction of sp³-hybridized carbons (Fsp3) is 0.588. The summed E-state index contributed by atoms with van der Waals surface area (Å²) in [6, 6.07) is 5.11. The molecule has 1 aromatic carbocycles. The highest BCUT2D eigenvalue weighted by Gasteiger charge is 2.27. The number of rotatable bonds is 5. The monoisotopic (exact) mass is 292 g/mol. The summed E-state index contributed by atoms with van der Waals surface area (Å²) in [5, 5.41) is 9.06. The van der Waals surface area contributed by atoms with Gasteiger partial charge in [0, 0.05) is 0 Å². The van der Waals surface area contributed by atoms with Gasteiger partial charge in [0.1, 0.15) is 11.3 Å². The van der Waals surface area contributed by atoms with Crippen molar-refractivity contribution in [2.75, 3.05) is 7.11 Å². The molecule has 116 valence electrons. The van der Waals surface area contributed by atoms with Gasteiger partial charge in [0.15, 0.2) is 0 Å². The van der Waals surface area contributed by atoms with Crippen molar-refractivity contribution in [3.8, 4) is 5.75 Å². The Morgan fingerprint density at radius 1 is 1.33 bits per heavy atom. The Balaban J connectivity index is 1.93. The highest BCUT2D eigenvalue weighted by molar-refractivity contribution is 5.90. The summed E-state index contributed by atoms with van der Waals surface area (Å²) in [6.45, 7) is 5.11. The minimum atomic E-state index is -0.978. The van der Waals surface area contributed by atoms with Crippen LogP contribution in [0.4, 0.5) is 0 Å². The topological polar surface area (TPSA) is 55.8 Å². The van der Waals surface area contributed by atoms with Crippen LogP contribution in [0.5, 0.6) is 5.75 Å². The molecule has 1 N–H and O–H groups in total. The van der Waals surface area contributed by atoms with Crippen molar-refractivity contribution < 1.29 is 19.4 Å². The molecular formula is C17H24O4. The molecule has 1 aliphatic carbocycles. The fourth-order valence-corrected chi connectivity index (χ4v) is 2.76. The van der Waals surface area contributed by atoms with E-state index in [0.717, 1.165) is 18.4 Å². The van der Waals surface area contributed by atoms with Gasteiger partial charge in [-0.3, -0.25) is 0 Å². The van der Waals surface area contributed by atoms with Crippen LogP contribution in [0.15, 0.2) is 18.2 Å². The zero-order chi connectivity index (χ0) is 15.5. The van der Waals surface area contributed by atoms with Crippen LogP contribution in [0.25, 0.3) is 0 Å². The number of carbonyl (C=O) groups is 1. The second-order valence-corrected chi connectivity index (χ2v) is 6.51. The van der Waals surface area contributed by atoms with Gasteiger partial charge in [-0.05, 0) is 48.8 Å². The lowest BCUT2D eigenvalue weighted by Gasteiger charge is -2.34. The van der Waals surface area contributed by atoms with Crippen LogP contribution in [0.1, 0.15) is 55.5 Å². The number of hydrogen-bond donors (Lipinski definition) is 1. The zero-order valence-corrected chi connectivity index (χ0v) is 13.0. The summed E-state index contributed by atoms with van der Waals surface area (Å²) < 4.78 is 11.1. The van der Waals surface area contributed by atoms with E-state index in [1.165, 1.54) is 20.0 Å². The van der Waals surface area contributed by atoms with Gasteiger partial charge >= 0.3 is 5.97 Å². The van der Waals surface area contributed by atoms with E-state index in [1.54, 1.807) is 18.2 Å². The Morgan fingerprint density at radius 3 is 2.57 bits per heavy atom. The molecule has 0 atom stereocenters. The number of benzene rings is 1. The molecule has 1 aromatic rings. The standard InChI is InChI=1S/C17H24O4/c1-17(2)8-6-13(7-9-17)21-11-12-4-5-14(16(18)19)15(10-12)20-3/h4-5,10,13H,6-9,11H2,1-3H3,(H,18,19). The lowest BCUT2D eigenvalue weighted by molar-refractivity contribution is -0.00564. The third-order valence-electron chi connectivity index (χ3n) is 4.27. The molecule has 1 fully saturated rings. The van der Waals surface area contributed by atoms with Crippen LogP contribution < -0.4 is 4.74 Å². The molecule has 0 aromatic heterocycles. The van der Waals surface area contributed by atoms with Crippen LogP contribution in [0.2, 0.25) is 0 Å². The van der Waals surface area contributed by atoms with E-state index in [1.807, 2.05) is 0 Å². The van der Waals surface area contributed by atoms with E-state index < -0.39 is 5.97 Å². The predicted octanol–water partition coefficient (Wildman–Crippen LogP) is 3.88. The van der Waals surface area contributed by atoms with Gasteiger partial charge in [-0.25, -0.2) is 4.79 Å². The molecule has 2 rings (SSSR count). The van der Waals surface area contributed by atoms with Crippen molar-refractivity contribution in [1.29, 1.82) is 0 Å². The molecule has 0 spiro atoms. The van der Waals surface area contributed by atoms with Crippen molar-refractivity contribution in [2.45, 2.75) is 52.2 Å². The lowest BCUT2D eigenvalue weighted by atomic mass is 9.76. The average molecular weight is 292 g/mol. The SMILES string of the molecule is COc1cc(COC2CCC(C)(C)CC2)ccc1C(=O)O. The van der Waals surface area contributed by atoms with Crippen LogP contribution in [0.3, 0.4) is 0 Å². The van der Waals surface area contributed by atoms with Crippen LogP contribution in [-0.4, -0.2) is 24.3 Å². The first-order chi connectivity index (χ1) is 9.91. The second kappa shape index (κ2) is 6.48. The highest BCUT2D eigenvalue weighted by Crippen LogP contribution is 2.36. The third kappa shape index (κ3) is 4.21. The van der Waals surface area contributed by atoms with Gasteiger partial charge in [-0.15, -0.1) is 0 Å². The van der Waals surface area contributed by atoms with Gasteiger partial charge < -0.3 is 14.6 Å². The van der Waals surface area contributed by atoms with E-state index in [4.69, 9.17) is 14.6 Å². The summed E-state index contributed by atoms with van der Waals surface area (Å²) in [5.74, 6) is -0.595. The highest BCUT2D eigenvalue weighted by atomic mass is 16.5. The van der Waals surface area contributed by atoms with Gasteiger partial charge in [-0.2, -0.15) is 0 Å². The minimum Gasteiger partial charge on any atom is -0.496 e. The van der Waals surface area contributed by atoms with Crippen molar-refractivity contribution in [3.63, 3.8) is 0 Å². The smallest absolute Gasteiger partial charge is 0.339 e. The molecule has 0 unspecified atom stereocenters. The number of methoxy groups -OCH3 is 1. The summed E-state index contributed by atoms with van der Waals surface area (Å²) in [5.41, 5.74) is 1.56. The van der Waals surface area contributed by atoms with E-state index in [2.05, 4.69) is 13.8 Å². The number of hydrogen-bond acceptors (Lipinski definition) is 3. The predicted molar refractivity (Wildman–Crippen MR) is 80.8 cm³/mol. The summed E-state index contributed by atoms with van der Waals surface area (Å²) >= 11 is 0. The molecule has 0 saturated heterocycles. The first-order valence-corrected chi connectivity index (χ1v) is 7.43. The van der Waals surface area contributed by atoms with E-state index >= 15 is 0 Å². The molecule has 0 heterocycles. The number of carboxylic acid groups (broad SMARTS) is 1. The molecule has 0 bridgehead atoms. The maximum atomic E-state index is 11.0. The Kier molecular flexibility index (Phi) is 4.88. The van der Waals surface area contributed by atoms with Crippen LogP contribution in [-0.2, 0) is 11.3 Å². The van der Waals surface area contributed by atoms with E-state index in [9.17, 15) is 4.79 Å². The number of carboxylic acids is 1. The number of aromatic carboxylic acids is 1. The maximum absolute atomic E-state index is 11.0. The molecule has 0 radical (unpaired) electrons. The Morgan fingerprint density at radius 2 is 2.00 bits per heavy atom.